The van der Waals surface area contributed by atoms with Gasteiger partial charge < -0.3 is 15.0 Å². The average molecular weight is 483 g/mol. The molecule has 0 aromatic carbocycles. The Balaban J connectivity index is 1.75. The Labute approximate surface area is 202 Å². The Morgan fingerprint density at radius 3 is 2.49 bits per heavy atom. The van der Waals surface area contributed by atoms with E-state index in [0.29, 0.717) is 35.2 Å². The zero-order valence-electron chi connectivity index (χ0n) is 20.4. The smallest absolute Gasteiger partial charge is 0.408 e. The summed E-state index contributed by atoms with van der Waals surface area (Å²) in [6.07, 6.45) is 3.85. The molecule has 0 spiro atoms. The number of nitrogens with one attached hydrogen (secondary N) is 2. The fourth-order valence-corrected chi connectivity index (χ4v) is 4.90. The van der Waals surface area contributed by atoms with Crippen LogP contribution >= 0.6 is 0 Å². The summed E-state index contributed by atoms with van der Waals surface area (Å²) in [6.45, 7) is 9.94. The van der Waals surface area contributed by atoms with Crippen LogP contribution in [0.1, 0.15) is 39.9 Å². The van der Waals surface area contributed by atoms with Gasteiger partial charge >= 0.3 is 6.09 Å². The van der Waals surface area contributed by atoms with Gasteiger partial charge in [0.1, 0.15) is 23.5 Å². The Hall–Kier alpha value is -3.87. The number of rotatable bonds is 5. The average Bonchev–Trinajstić information content (AvgIpc) is 3.39. The monoisotopic (exact) mass is 482 g/mol. The van der Waals surface area contributed by atoms with Crippen molar-refractivity contribution in [3.8, 4) is 11.4 Å². The molecule has 13 nitrogen and oxygen atoms in total. The van der Waals surface area contributed by atoms with Gasteiger partial charge in [0.15, 0.2) is 17.0 Å². The molecule has 0 radical (unpaired) electrons. The second kappa shape index (κ2) is 8.73. The first-order valence-electron chi connectivity index (χ1n) is 11.3. The predicted molar refractivity (Wildman–Crippen MR) is 128 cm³/mol. The van der Waals surface area contributed by atoms with Crippen LogP contribution in [0.15, 0.2) is 18.7 Å². The maximum absolute atomic E-state index is 13.0. The highest BCUT2D eigenvalue weighted by Crippen LogP contribution is 2.45. The van der Waals surface area contributed by atoms with Crippen molar-refractivity contribution in [3.05, 3.63) is 24.5 Å². The van der Waals surface area contributed by atoms with Crippen molar-refractivity contribution in [2.75, 3.05) is 11.9 Å². The first-order chi connectivity index (χ1) is 16.5. The third-order valence-corrected chi connectivity index (χ3v) is 6.61. The van der Waals surface area contributed by atoms with Gasteiger partial charge in [0, 0.05) is 37.9 Å². The lowest BCUT2D eigenvalue weighted by Gasteiger charge is -2.44. The summed E-state index contributed by atoms with van der Waals surface area (Å²) in [7, 11) is 0. The highest BCUT2D eigenvalue weighted by molar-refractivity contribution is 5.91. The summed E-state index contributed by atoms with van der Waals surface area (Å²) in [5.41, 5.74) is 1.96. The standard InChI is InChI=1S/C22H30N10O3/c1-6-31-17(13-8-24-12(2)25-9-13)29-15-16(26-11-27-18(15)31)28-14-7-22(19(33)30-23,21(3,4)5)32(10-14)20(34)35/h8-9,11,14H,6-7,10,23H2,1-5H3,(H,30,33)(H,34,35)(H,26,27,28)/t14-,22-/m0/s1. The van der Waals surface area contributed by atoms with E-state index in [1.165, 1.54) is 6.33 Å². The molecule has 1 saturated heterocycles. The van der Waals surface area contributed by atoms with Gasteiger partial charge in [-0.25, -0.2) is 35.6 Å². The number of hydrogen-bond donors (Lipinski definition) is 4. The number of nitrogens with two attached hydrogens (primary N) is 1. The minimum atomic E-state index is -1.37. The first-order valence-corrected chi connectivity index (χ1v) is 11.3. The molecule has 3 aromatic rings. The van der Waals surface area contributed by atoms with E-state index in [1.807, 2.05) is 39.2 Å². The van der Waals surface area contributed by atoms with Crippen LogP contribution in [0.2, 0.25) is 0 Å². The van der Waals surface area contributed by atoms with Crippen molar-refractivity contribution in [1.82, 2.24) is 39.8 Å². The molecule has 3 aromatic heterocycles. The van der Waals surface area contributed by atoms with Crippen LogP contribution in [0.3, 0.4) is 0 Å². The molecule has 0 aliphatic carbocycles. The number of hydrazine groups is 1. The van der Waals surface area contributed by atoms with Crippen molar-refractivity contribution in [2.45, 2.75) is 59.2 Å². The van der Waals surface area contributed by atoms with E-state index in [9.17, 15) is 14.7 Å². The number of hydrogen-bond acceptors (Lipinski definition) is 9. The summed E-state index contributed by atoms with van der Waals surface area (Å²) in [5.74, 6) is 6.68. The van der Waals surface area contributed by atoms with Gasteiger partial charge in [0.05, 0.1) is 5.56 Å². The minimum absolute atomic E-state index is 0.0681. The second-order valence-corrected chi connectivity index (χ2v) is 9.62. The molecular weight excluding hydrogens is 452 g/mol. The molecule has 0 saturated carbocycles. The number of fused-ring (bicyclic) bond motifs is 1. The van der Waals surface area contributed by atoms with Crippen LogP contribution in [0.5, 0.6) is 0 Å². The third kappa shape index (κ3) is 3.91. The Morgan fingerprint density at radius 1 is 1.23 bits per heavy atom. The molecule has 186 valence electrons. The summed E-state index contributed by atoms with van der Waals surface area (Å²) in [6, 6.07) is -0.418. The fraction of sp³-hybridized carbons (Fsp3) is 0.500. The fourth-order valence-electron chi connectivity index (χ4n) is 4.90. The van der Waals surface area contributed by atoms with E-state index in [4.69, 9.17) is 10.8 Å². The van der Waals surface area contributed by atoms with Gasteiger partial charge in [-0.1, -0.05) is 20.8 Å². The second-order valence-electron chi connectivity index (χ2n) is 9.62. The van der Waals surface area contributed by atoms with Gasteiger partial charge in [0.25, 0.3) is 5.91 Å². The van der Waals surface area contributed by atoms with Crippen molar-refractivity contribution >= 4 is 29.0 Å². The van der Waals surface area contributed by atoms with Crippen LogP contribution in [-0.2, 0) is 11.3 Å². The molecule has 5 N–H and O–H groups in total. The van der Waals surface area contributed by atoms with E-state index in [1.54, 1.807) is 12.4 Å². The molecule has 13 heteroatoms. The molecule has 4 heterocycles. The highest BCUT2D eigenvalue weighted by atomic mass is 16.4. The van der Waals surface area contributed by atoms with Crippen molar-refractivity contribution in [1.29, 1.82) is 0 Å². The predicted octanol–water partition coefficient (Wildman–Crippen LogP) is 1.55. The number of carbonyl (C=O) groups excluding carboxylic acids is 1. The molecule has 1 aliphatic rings. The van der Waals surface area contributed by atoms with Crippen molar-refractivity contribution in [2.24, 2.45) is 11.3 Å². The zero-order chi connectivity index (χ0) is 25.5. The number of imidazole rings is 1. The number of nitrogens with zero attached hydrogens (tertiary/aromatic N) is 7. The van der Waals surface area contributed by atoms with Gasteiger partial charge in [-0.05, 0) is 19.3 Å². The lowest BCUT2D eigenvalue weighted by molar-refractivity contribution is -0.137. The zero-order valence-corrected chi connectivity index (χ0v) is 20.4. The quantitative estimate of drug-likeness (QED) is 0.237. The van der Waals surface area contributed by atoms with Gasteiger partial charge in [-0.3, -0.25) is 15.1 Å². The number of carbonyl (C=O) groups is 2. The van der Waals surface area contributed by atoms with E-state index in [2.05, 4.69) is 30.7 Å². The number of amides is 2. The van der Waals surface area contributed by atoms with Crippen LogP contribution in [0, 0.1) is 12.3 Å². The molecule has 0 unspecified atom stereocenters. The van der Waals surface area contributed by atoms with Crippen molar-refractivity contribution < 1.29 is 14.7 Å². The number of likely N-dealkylation sites (tertiary alicyclic amines) is 1. The molecule has 1 aliphatic heterocycles. The Bertz CT molecular complexity index is 1270. The highest BCUT2D eigenvalue weighted by Gasteiger charge is 2.60. The van der Waals surface area contributed by atoms with E-state index in [-0.39, 0.29) is 13.0 Å². The largest absolute Gasteiger partial charge is 0.465 e. The van der Waals surface area contributed by atoms with E-state index in [0.717, 1.165) is 10.5 Å². The number of anilines is 1. The SMILES string of the molecule is CCn1c(-c2cnc(C)nc2)nc2c(N[C@@H]3CN(C(=O)O)[C@@](C(=O)NN)(C(C)(C)C)C3)ncnc21. The number of aromatic nitrogens is 6. The van der Waals surface area contributed by atoms with Gasteiger partial charge in [0.2, 0.25) is 0 Å². The molecule has 2 amide bonds. The topological polar surface area (TPSA) is 177 Å². The van der Waals surface area contributed by atoms with Crippen molar-refractivity contribution in [3.63, 3.8) is 0 Å². The summed E-state index contributed by atoms with van der Waals surface area (Å²) in [4.78, 5) is 48.4. The summed E-state index contributed by atoms with van der Waals surface area (Å²) >= 11 is 0. The maximum atomic E-state index is 13.0. The Kier molecular flexibility index (Phi) is 6.05. The minimum Gasteiger partial charge on any atom is -0.465 e. The van der Waals surface area contributed by atoms with Gasteiger partial charge in [-0.2, -0.15) is 0 Å². The molecule has 1 fully saturated rings. The lowest BCUT2D eigenvalue weighted by atomic mass is 9.70. The first kappa shape index (κ1) is 24.3. The van der Waals surface area contributed by atoms with E-state index >= 15 is 0 Å². The molecular formula is C22H30N10O3. The summed E-state index contributed by atoms with van der Waals surface area (Å²) < 4.78 is 1.94. The summed E-state index contributed by atoms with van der Waals surface area (Å²) in [5, 5.41) is 13.3. The molecule has 0 bridgehead atoms. The molecule has 35 heavy (non-hydrogen) atoms. The Morgan fingerprint density at radius 2 is 1.91 bits per heavy atom. The van der Waals surface area contributed by atoms with E-state index < -0.39 is 29.0 Å². The lowest BCUT2D eigenvalue weighted by Crippen LogP contribution is -2.65. The van der Waals surface area contributed by atoms with Crippen LogP contribution < -0.4 is 16.6 Å². The number of aryl methyl sites for hydroxylation is 2. The third-order valence-electron chi connectivity index (χ3n) is 6.61. The number of carboxylic acid groups (broad SMARTS) is 1. The normalized spacial score (nSPS) is 20.3. The van der Waals surface area contributed by atoms with Crippen LogP contribution in [0.25, 0.3) is 22.6 Å². The molecule has 4 rings (SSSR count). The van der Waals surface area contributed by atoms with Gasteiger partial charge in [-0.15, -0.1) is 0 Å². The maximum Gasteiger partial charge on any atom is 0.408 e. The van der Waals surface area contributed by atoms with Crippen LogP contribution in [-0.4, -0.2) is 69.6 Å². The molecule has 2 atom stereocenters. The van der Waals surface area contributed by atoms with Crippen LogP contribution in [0.4, 0.5) is 10.6 Å².